The van der Waals surface area contributed by atoms with Crippen LogP contribution in [-0.4, -0.2) is 24.2 Å². The molecular weight excluding hydrogens is 308 g/mol. The summed E-state index contributed by atoms with van der Waals surface area (Å²) in [5, 5.41) is 0.586. The van der Waals surface area contributed by atoms with Crippen LogP contribution in [0.15, 0.2) is 47.5 Å². The smallest absolute Gasteiger partial charge is 0.175 e. The van der Waals surface area contributed by atoms with Crippen molar-refractivity contribution in [3.8, 4) is 11.3 Å². The molecule has 2 heterocycles. The van der Waals surface area contributed by atoms with E-state index in [1.165, 1.54) is 6.26 Å². The molecule has 0 unspecified atom stereocenters. The molecule has 0 N–H and O–H groups in total. The Balaban J connectivity index is 2.14. The fourth-order valence-corrected chi connectivity index (χ4v) is 3.11. The number of nitrogens with zero attached hydrogens (tertiary/aromatic N) is 2. The van der Waals surface area contributed by atoms with E-state index in [0.29, 0.717) is 9.92 Å². The van der Waals surface area contributed by atoms with E-state index < -0.39 is 9.84 Å². The average Bonchev–Trinajstić information content (AvgIpc) is 2.75. The summed E-state index contributed by atoms with van der Waals surface area (Å²) in [6.07, 6.45) is 2.81. The van der Waals surface area contributed by atoms with Crippen molar-refractivity contribution in [1.29, 1.82) is 0 Å². The fourth-order valence-electron chi connectivity index (χ4n) is 2.32. The van der Waals surface area contributed by atoms with Crippen LogP contribution < -0.4 is 0 Å². The average molecular weight is 321 g/mol. The Morgan fingerprint density at radius 1 is 1.14 bits per heavy atom. The summed E-state index contributed by atoms with van der Waals surface area (Å²) in [6, 6.07) is 10.6. The van der Waals surface area contributed by atoms with Crippen LogP contribution in [0.1, 0.15) is 0 Å². The molecule has 0 saturated heterocycles. The van der Waals surface area contributed by atoms with Gasteiger partial charge in [-0.25, -0.2) is 8.42 Å². The zero-order valence-corrected chi connectivity index (χ0v) is 13.1. The Kier molecular flexibility index (Phi) is 3.26. The first kappa shape index (κ1) is 14.1. The predicted octanol–water partition coefficient (Wildman–Crippen LogP) is 3.30. The molecule has 21 heavy (non-hydrogen) atoms. The second-order valence-corrected chi connectivity index (χ2v) is 7.40. The maximum Gasteiger partial charge on any atom is 0.175 e. The number of hydrogen-bond acceptors (Lipinski definition) is 3. The first-order valence-electron chi connectivity index (χ1n) is 6.28. The van der Waals surface area contributed by atoms with Gasteiger partial charge in [0, 0.05) is 19.5 Å². The van der Waals surface area contributed by atoms with E-state index in [9.17, 15) is 8.42 Å². The lowest BCUT2D eigenvalue weighted by Crippen LogP contribution is -1.97. The predicted molar refractivity (Wildman–Crippen MR) is 84.3 cm³/mol. The minimum Gasteiger partial charge on any atom is -0.342 e. The lowest BCUT2D eigenvalue weighted by Gasteiger charge is -2.05. The Labute approximate surface area is 127 Å². The first-order chi connectivity index (χ1) is 9.86. The summed E-state index contributed by atoms with van der Waals surface area (Å²) >= 11 is 5.97. The van der Waals surface area contributed by atoms with Crippen LogP contribution in [0.2, 0.25) is 5.02 Å². The maximum absolute atomic E-state index is 11.5. The summed E-state index contributed by atoms with van der Waals surface area (Å²) in [6.45, 7) is 0. The van der Waals surface area contributed by atoms with E-state index in [1.54, 1.807) is 30.5 Å². The largest absolute Gasteiger partial charge is 0.342 e. The van der Waals surface area contributed by atoms with E-state index in [-0.39, 0.29) is 0 Å². The molecule has 0 bridgehead atoms. The number of rotatable bonds is 2. The van der Waals surface area contributed by atoms with Gasteiger partial charge in [-0.2, -0.15) is 0 Å². The summed E-state index contributed by atoms with van der Waals surface area (Å²) in [4.78, 5) is 4.61. The number of pyridine rings is 1. The van der Waals surface area contributed by atoms with Crippen molar-refractivity contribution < 1.29 is 8.42 Å². The quantitative estimate of drug-likeness (QED) is 0.728. The Morgan fingerprint density at radius 2 is 1.81 bits per heavy atom. The summed E-state index contributed by atoms with van der Waals surface area (Å²) in [7, 11) is -1.25. The molecule has 0 saturated carbocycles. The van der Waals surface area contributed by atoms with E-state index in [4.69, 9.17) is 11.6 Å². The molecule has 1 aromatic carbocycles. The van der Waals surface area contributed by atoms with Crippen LogP contribution in [0.25, 0.3) is 22.3 Å². The topological polar surface area (TPSA) is 52.0 Å². The molecule has 0 aliphatic rings. The third-order valence-corrected chi connectivity index (χ3v) is 4.77. The molecule has 6 heteroatoms. The SMILES string of the molecule is Cn1c(-c2ccc(S(C)(=O)=O)cc2)cc2ncc(Cl)cc21. The van der Waals surface area contributed by atoms with Gasteiger partial charge in [-0.05, 0) is 29.8 Å². The molecule has 0 radical (unpaired) electrons. The van der Waals surface area contributed by atoms with Gasteiger partial charge < -0.3 is 4.57 Å². The molecule has 0 fully saturated rings. The summed E-state index contributed by atoms with van der Waals surface area (Å²) in [5.41, 5.74) is 3.67. The van der Waals surface area contributed by atoms with Crippen molar-refractivity contribution in [3.63, 3.8) is 0 Å². The fraction of sp³-hybridized carbons (Fsp3) is 0.133. The summed E-state index contributed by atoms with van der Waals surface area (Å²) < 4.78 is 25.0. The van der Waals surface area contributed by atoms with Gasteiger partial charge in [-0.1, -0.05) is 23.7 Å². The number of benzene rings is 1. The van der Waals surface area contributed by atoms with Gasteiger partial charge in [0.2, 0.25) is 0 Å². The molecule has 2 aromatic heterocycles. The van der Waals surface area contributed by atoms with E-state index in [1.807, 2.05) is 23.7 Å². The first-order valence-corrected chi connectivity index (χ1v) is 8.55. The number of fused-ring (bicyclic) bond motifs is 1. The van der Waals surface area contributed by atoms with Crippen LogP contribution in [0.3, 0.4) is 0 Å². The van der Waals surface area contributed by atoms with E-state index in [2.05, 4.69) is 4.98 Å². The summed E-state index contributed by atoms with van der Waals surface area (Å²) in [5.74, 6) is 0. The standard InChI is InChI=1S/C15H13ClN2O2S/c1-18-14(8-13-15(18)7-11(16)9-17-13)10-3-5-12(6-4-10)21(2,19)20/h3-9H,1-2H3. The van der Waals surface area contributed by atoms with Gasteiger partial charge in [0.1, 0.15) is 0 Å². The Bertz CT molecular complexity index is 928. The second-order valence-electron chi connectivity index (χ2n) is 4.94. The van der Waals surface area contributed by atoms with Crippen molar-refractivity contribution in [2.24, 2.45) is 7.05 Å². The number of aromatic nitrogens is 2. The number of sulfone groups is 1. The van der Waals surface area contributed by atoms with Crippen LogP contribution in [0, 0.1) is 0 Å². The van der Waals surface area contributed by atoms with Crippen LogP contribution in [0.4, 0.5) is 0 Å². The highest BCUT2D eigenvalue weighted by Crippen LogP contribution is 2.28. The lowest BCUT2D eigenvalue weighted by atomic mass is 10.1. The minimum atomic E-state index is -3.18. The maximum atomic E-state index is 11.5. The van der Waals surface area contributed by atoms with Crippen molar-refractivity contribution >= 4 is 32.5 Å². The van der Waals surface area contributed by atoms with Crippen molar-refractivity contribution in [1.82, 2.24) is 9.55 Å². The van der Waals surface area contributed by atoms with Gasteiger partial charge >= 0.3 is 0 Å². The van der Waals surface area contributed by atoms with Crippen molar-refractivity contribution in [2.45, 2.75) is 4.90 Å². The Hall–Kier alpha value is -1.85. The normalized spacial score (nSPS) is 12.0. The molecule has 0 atom stereocenters. The molecule has 0 aliphatic carbocycles. The van der Waals surface area contributed by atoms with Gasteiger partial charge in [0.25, 0.3) is 0 Å². The molecule has 3 rings (SSSR count). The molecule has 4 nitrogen and oxygen atoms in total. The molecule has 0 spiro atoms. The second kappa shape index (κ2) is 4.86. The van der Waals surface area contributed by atoms with Crippen LogP contribution in [-0.2, 0) is 16.9 Å². The third kappa shape index (κ3) is 2.54. The zero-order chi connectivity index (χ0) is 15.2. The number of hydrogen-bond donors (Lipinski definition) is 0. The highest BCUT2D eigenvalue weighted by molar-refractivity contribution is 7.90. The van der Waals surface area contributed by atoms with E-state index >= 15 is 0 Å². The highest BCUT2D eigenvalue weighted by Gasteiger charge is 2.11. The van der Waals surface area contributed by atoms with Crippen molar-refractivity contribution in [2.75, 3.05) is 6.26 Å². The molecule has 0 amide bonds. The molecule has 3 aromatic rings. The highest BCUT2D eigenvalue weighted by atomic mass is 35.5. The monoisotopic (exact) mass is 320 g/mol. The Morgan fingerprint density at radius 3 is 2.43 bits per heavy atom. The van der Waals surface area contributed by atoms with Gasteiger partial charge in [0.05, 0.1) is 26.6 Å². The van der Waals surface area contributed by atoms with Gasteiger partial charge in [-0.15, -0.1) is 0 Å². The van der Waals surface area contributed by atoms with Gasteiger partial charge in [-0.3, -0.25) is 4.98 Å². The van der Waals surface area contributed by atoms with E-state index in [0.717, 1.165) is 22.3 Å². The lowest BCUT2D eigenvalue weighted by molar-refractivity contribution is 0.602. The van der Waals surface area contributed by atoms with Crippen LogP contribution >= 0.6 is 11.6 Å². The zero-order valence-electron chi connectivity index (χ0n) is 11.5. The number of halogens is 1. The molecular formula is C15H13ClN2O2S. The number of aryl methyl sites for hydroxylation is 1. The van der Waals surface area contributed by atoms with Gasteiger partial charge in [0.15, 0.2) is 9.84 Å². The van der Waals surface area contributed by atoms with Crippen molar-refractivity contribution in [3.05, 3.63) is 47.6 Å². The minimum absolute atomic E-state index is 0.311. The van der Waals surface area contributed by atoms with Crippen LogP contribution in [0.5, 0.6) is 0 Å². The third-order valence-electron chi connectivity index (χ3n) is 3.44. The molecule has 0 aliphatic heterocycles. The molecule has 108 valence electrons.